The van der Waals surface area contributed by atoms with Crippen LogP contribution >= 0.6 is 0 Å². The summed E-state index contributed by atoms with van der Waals surface area (Å²) in [6.45, 7) is 4.10. The Balaban J connectivity index is 2.56. The number of carboxylic acids is 1. The Labute approximate surface area is 115 Å². The summed E-state index contributed by atoms with van der Waals surface area (Å²) in [7, 11) is 1.77. The van der Waals surface area contributed by atoms with Crippen molar-refractivity contribution in [1.82, 2.24) is 10.2 Å². The number of aliphatic carboxylic acids is 1. The molecule has 0 heterocycles. The number of carbonyl (C=O) groups excluding carboxylic acids is 1. The van der Waals surface area contributed by atoms with Crippen LogP contribution < -0.4 is 5.32 Å². The van der Waals surface area contributed by atoms with Crippen molar-refractivity contribution in [2.75, 3.05) is 7.05 Å². The van der Waals surface area contributed by atoms with Crippen LogP contribution in [0, 0.1) is 5.92 Å². The Morgan fingerprint density at radius 3 is 2.58 bits per heavy atom. The van der Waals surface area contributed by atoms with E-state index in [1.807, 2.05) is 6.92 Å². The van der Waals surface area contributed by atoms with Gasteiger partial charge < -0.3 is 15.3 Å². The maximum absolute atomic E-state index is 12.1. The van der Waals surface area contributed by atoms with Crippen LogP contribution in [0.15, 0.2) is 0 Å². The zero-order valence-corrected chi connectivity index (χ0v) is 12.2. The number of nitrogens with zero attached hydrogens (tertiary/aromatic N) is 1. The van der Waals surface area contributed by atoms with Crippen molar-refractivity contribution in [1.29, 1.82) is 0 Å². The Morgan fingerprint density at radius 1 is 1.37 bits per heavy atom. The van der Waals surface area contributed by atoms with Crippen LogP contribution in [-0.4, -0.2) is 41.1 Å². The van der Waals surface area contributed by atoms with Crippen LogP contribution in [0.3, 0.4) is 0 Å². The monoisotopic (exact) mass is 270 g/mol. The molecule has 5 nitrogen and oxygen atoms in total. The van der Waals surface area contributed by atoms with Gasteiger partial charge in [0.1, 0.15) is 0 Å². The minimum atomic E-state index is -0.797. The van der Waals surface area contributed by atoms with Gasteiger partial charge in [0, 0.05) is 19.1 Å². The second-order valence-electron chi connectivity index (χ2n) is 5.53. The third-order valence-corrected chi connectivity index (χ3v) is 4.08. The molecule has 2 amide bonds. The van der Waals surface area contributed by atoms with Crippen LogP contribution in [0.2, 0.25) is 0 Å². The molecule has 2 N–H and O–H groups in total. The van der Waals surface area contributed by atoms with Gasteiger partial charge in [-0.3, -0.25) is 4.79 Å². The number of amides is 2. The van der Waals surface area contributed by atoms with Crippen molar-refractivity contribution in [2.24, 2.45) is 5.92 Å². The van der Waals surface area contributed by atoms with Crippen molar-refractivity contribution in [3.63, 3.8) is 0 Å². The fourth-order valence-electron chi connectivity index (χ4n) is 2.67. The molecule has 0 aromatic carbocycles. The molecule has 0 spiro atoms. The molecule has 0 radical (unpaired) electrons. The van der Waals surface area contributed by atoms with Crippen LogP contribution in [0.1, 0.15) is 52.4 Å². The highest BCUT2D eigenvalue weighted by atomic mass is 16.4. The molecule has 0 bridgehead atoms. The lowest BCUT2D eigenvalue weighted by atomic mass is 9.84. The maximum Gasteiger partial charge on any atom is 0.317 e. The number of hydrogen-bond acceptors (Lipinski definition) is 2. The largest absolute Gasteiger partial charge is 0.481 e. The molecule has 110 valence electrons. The average molecular weight is 270 g/mol. The van der Waals surface area contributed by atoms with E-state index in [1.165, 1.54) is 0 Å². The Kier molecular flexibility index (Phi) is 6.12. The zero-order valence-electron chi connectivity index (χ0n) is 12.2. The van der Waals surface area contributed by atoms with E-state index in [0.29, 0.717) is 6.42 Å². The van der Waals surface area contributed by atoms with Gasteiger partial charge in [0.05, 0.1) is 5.92 Å². The first-order valence-corrected chi connectivity index (χ1v) is 7.23. The summed E-state index contributed by atoms with van der Waals surface area (Å²) in [4.78, 5) is 25.0. The predicted octanol–water partition coefficient (Wildman–Crippen LogP) is 2.46. The van der Waals surface area contributed by atoms with Gasteiger partial charge in [0.25, 0.3) is 0 Å². The van der Waals surface area contributed by atoms with Crippen molar-refractivity contribution in [3.05, 3.63) is 0 Å². The molecule has 3 unspecified atom stereocenters. The number of carbonyl (C=O) groups is 2. The minimum absolute atomic E-state index is 0.154. The fraction of sp³-hybridized carbons (Fsp3) is 0.857. The molecule has 1 saturated carbocycles. The van der Waals surface area contributed by atoms with E-state index in [4.69, 9.17) is 0 Å². The van der Waals surface area contributed by atoms with Gasteiger partial charge in [0.2, 0.25) is 0 Å². The number of carboxylic acid groups (broad SMARTS) is 1. The van der Waals surface area contributed by atoms with Gasteiger partial charge in [-0.2, -0.15) is 0 Å². The Hall–Kier alpha value is -1.26. The first kappa shape index (κ1) is 15.8. The highest BCUT2D eigenvalue weighted by Crippen LogP contribution is 2.24. The molecule has 0 aromatic heterocycles. The molecule has 5 heteroatoms. The smallest absolute Gasteiger partial charge is 0.317 e. The van der Waals surface area contributed by atoms with E-state index in [1.54, 1.807) is 11.9 Å². The summed E-state index contributed by atoms with van der Waals surface area (Å²) in [6.07, 6.45) is 5.33. The topological polar surface area (TPSA) is 69.6 Å². The van der Waals surface area contributed by atoms with Gasteiger partial charge >= 0.3 is 12.0 Å². The Morgan fingerprint density at radius 2 is 2.00 bits per heavy atom. The molecule has 0 saturated heterocycles. The lowest BCUT2D eigenvalue weighted by Crippen LogP contribution is -2.51. The summed E-state index contributed by atoms with van der Waals surface area (Å²) in [6, 6.07) is -0.203. The van der Waals surface area contributed by atoms with Gasteiger partial charge in [-0.15, -0.1) is 0 Å². The zero-order chi connectivity index (χ0) is 14.4. The van der Waals surface area contributed by atoms with Crippen molar-refractivity contribution < 1.29 is 14.7 Å². The molecule has 0 aliphatic heterocycles. The average Bonchev–Trinajstić information content (AvgIpc) is 2.38. The second kappa shape index (κ2) is 7.36. The van der Waals surface area contributed by atoms with E-state index in [9.17, 15) is 14.7 Å². The van der Waals surface area contributed by atoms with Crippen LogP contribution in [-0.2, 0) is 4.79 Å². The molecule has 3 atom stereocenters. The summed E-state index contributed by atoms with van der Waals surface area (Å²) < 4.78 is 0. The normalized spacial score (nSPS) is 24.6. The summed E-state index contributed by atoms with van der Waals surface area (Å²) in [5, 5.41) is 12.1. The van der Waals surface area contributed by atoms with E-state index in [0.717, 1.165) is 32.1 Å². The first-order chi connectivity index (χ1) is 8.97. The SMILES string of the molecule is CCCC(C)N(C)C(=O)NC1CCCCC1C(=O)O. The maximum atomic E-state index is 12.1. The van der Waals surface area contributed by atoms with Crippen molar-refractivity contribution in [3.8, 4) is 0 Å². The lowest BCUT2D eigenvalue weighted by Gasteiger charge is -2.32. The van der Waals surface area contributed by atoms with Crippen LogP contribution in [0.4, 0.5) is 4.79 Å². The van der Waals surface area contributed by atoms with E-state index in [2.05, 4.69) is 12.2 Å². The predicted molar refractivity (Wildman–Crippen MR) is 74.0 cm³/mol. The number of rotatable bonds is 5. The second-order valence-corrected chi connectivity index (χ2v) is 5.53. The summed E-state index contributed by atoms with van der Waals surface area (Å²) >= 11 is 0. The lowest BCUT2D eigenvalue weighted by molar-refractivity contribution is -0.143. The molecular weight excluding hydrogens is 244 g/mol. The summed E-state index contributed by atoms with van der Waals surface area (Å²) in [5.41, 5.74) is 0. The molecule has 1 rings (SSSR count). The van der Waals surface area contributed by atoms with Crippen molar-refractivity contribution in [2.45, 2.75) is 64.5 Å². The number of hydrogen-bond donors (Lipinski definition) is 2. The van der Waals surface area contributed by atoms with Crippen LogP contribution in [0.5, 0.6) is 0 Å². The molecule has 1 aliphatic carbocycles. The standard InChI is InChI=1S/C14H26N2O3/c1-4-7-10(2)16(3)14(19)15-12-9-6-5-8-11(12)13(17)18/h10-12H,4-9H2,1-3H3,(H,15,19)(H,17,18). The van der Waals surface area contributed by atoms with Gasteiger partial charge in [-0.25, -0.2) is 4.79 Å². The first-order valence-electron chi connectivity index (χ1n) is 7.23. The van der Waals surface area contributed by atoms with E-state index >= 15 is 0 Å². The van der Waals surface area contributed by atoms with Gasteiger partial charge in [0.15, 0.2) is 0 Å². The van der Waals surface area contributed by atoms with Gasteiger partial charge in [-0.05, 0) is 26.2 Å². The molecule has 19 heavy (non-hydrogen) atoms. The molecule has 1 fully saturated rings. The third-order valence-electron chi connectivity index (χ3n) is 4.08. The highest BCUT2D eigenvalue weighted by molar-refractivity contribution is 5.77. The van der Waals surface area contributed by atoms with Gasteiger partial charge in [-0.1, -0.05) is 26.2 Å². The minimum Gasteiger partial charge on any atom is -0.481 e. The Bertz CT molecular complexity index is 320. The highest BCUT2D eigenvalue weighted by Gasteiger charge is 2.32. The summed E-state index contributed by atoms with van der Waals surface area (Å²) in [5.74, 6) is -1.23. The third kappa shape index (κ3) is 4.40. The molecular formula is C14H26N2O3. The number of nitrogens with one attached hydrogen (secondary N) is 1. The quantitative estimate of drug-likeness (QED) is 0.806. The van der Waals surface area contributed by atoms with Crippen LogP contribution in [0.25, 0.3) is 0 Å². The van der Waals surface area contributed by atoms with E-state index in [-0.39, 0.29) is 18.1 Å². The fourth-order valence-corrected chi connectivity index (χ4v) is 2.67. The van der Waals surface area contributed by atoms with E-state index < -0.39 is 11.9 Å². The molecule has 0 aromatic rings. The molecule has 1 aliphatic rings. The number of urea groups is 1. The van der Waals surface area contributed by atoms with Crippen molar-refractivity contribution >= 4 is 12.0 Å².